The van der Waals surface area contributed by atoms with Crippen LogP contribution in [0.25, 0.3) is 10.1 Å². The minimum absolute atomic E-state index is 0.0899. The molecule has 3 heteroatoms. The Kier molecular flexibility index (Phi) is 2.79. The molecule has 1 heterocycles. The number of benzene rings is 1. The molecule has 0 N–H and O–H groups in total. The molecule has 2 aromatic rings. The Labute approximate surface area is 91.1 Å². The first-order valence-corrected chi connectivity index (χ1v) is 6.55. The van der Waals surface area contributed by atoms with Crippen LogP contribution in [0.2, 0.25) is 0 Å². The van der Waals surface area contributed by atoms with E-state index in [1.165, 1.54) is 21.8 Å². The van der Waals surface area contributed by atoms with Gasteiger partial charge in [0.15, 0.2) is 5.13 Å². The molecular weight excluding hydrogens is 215 g/mol. The zero-order valence-corrected chi connectivity index (χ0v) is 9.77. The summed E-state index contributed by atoms with van der Waals surface area (Å²) < 4.78 is 14.1. The maximum atomic E-state index is 13.1. The number of hydrogen-bond donors (Lipinski definition) is 0. The highest BCUT2D eigenvalue weighted by molar-refractivity contribution is 7.98. The number of aryl methyl sites for hydroxylation is 1. The van der Waals surface area contributed by atoms with Gasteiger partial charge >= 0.3 is 0 Å². The first-order valence-electron chi connectivity index (χ1n) is 4.51. The van der Waals surface area contributed by atoms with Crippen molar-refractivity contribution in [1.82, 2.24) is 0 Å². The summed E-state index contributed by atoms with van der Waals surface area (Å²) in [6.07, 6.45) is 3.02. The smallest absolute Gasteiger partial charge is 0.177 e. The molecule has 0 atom stereocenters. The Morgan fingerprint density at radius 1 is 1.43 bits per heavy atom. The normalized spacial score (nSPS) is 11.1. The monoisotopic (exact) mass is 226 g/mol. The lowest BCUT2D eigenvalue weighted by Gasteiger charge is -2.05. The van der Waals surface area contributed by atoms with Crippen LogP contribution in [0.5, 0.6) is 0 Å². The summed E-state index contributed by atoms with van der Waals surface area (Å²) in [4.78, 5) is 1.26. The highest BCUT2D eigenvalue weighted by Crippen LogP contribution is 2.33. The third-order valence-corrected chi connectivity index (χ3v) is 4.02. The molecule has 2 rings (SSSR count). The Bertz CT molecular complexity index is 460. The van der Waals surface area contributed by atoms with Crippen molar-refractivity contribution in [3.05, 3.63) is 28.9 Å². The van der Waals surface area contributed by atoms with Gasteiger partial charge in [-0.2, -0.15) is 4.39 Å². The molecule has 0 saturated carbocycles. The van der Waals surface area contributed by atoms with Crippen LogP contribution in [0, 0.1) is 5.13 Å². The fraction of sp³-hybridized carbons (Fsp3) is 0.273. The van der Waals surface area contributed by atoms with Crippen LogP contribution in [0.4, 0.5) is 4.39 Å². The summed E-state index contributed by atoms with van der Waals surface area (Å²) in [5, 5.41) is 0.995. The van der Waals surface area contributed by atoms with Crippen LogP contribution < -0.4 is 0 Å². The summed E-state index contributed by atoms with van der Waals surface area (Å²) in [6.45, 7) is 2.12. The van der Waals surface area contributed by atoms with E-state index in [4.69, 9.17) is 0 Å². The number of fused-ring (bicyclic) bond motifs is 1. The maximum Gasteiger partial charge on any atom is 0.177 e. The molecule has 0 spiro atoms. The third-order valence-electron chi connectivity index (χ3n) is 2.31. The van der Waals surface area contributed by atoms with Crippen molar-refractivity contribution in [1.29, 1.82) is 0 Å². The van der Waals surface area contributed by atoms with Crippen molar-refractivity contribution >= 4 is 33.2 Å². The predicted octanol–water partition coefficient (Wildman–Crippen LogP) is 4.32. The van der Waals surface area contributed by atoms with Crippen LogP contribution >= 0.6 is 23.1 Å². The van der Waals surface area contributed by atoms with E-state index in [9.17, 15) is 4.39 Å². The van der Waals surface area contributed by atoms with Gasteiger partial charge in [-0.25, -0.2) is 0 Å². The average molecular weight is 226 g/mol. The standard InChI is InChI=1S/C11H11FS2/c1-3-7-8-6-11(12)14-10(8)5-4-9(7)13-2/h4-6H,3H2,1-2H3. The molecule has 0 aliphatic rings. The highest BCUT2D eigenvalue weighted by atomic mass is 32.2. The molecule has 0 aliphatic heterocycles. The number of thiophene rings is 1. The zero-order valence-electron chi connectivity index (χ0n) is 8.13. The fourth-order valence-corrected chi connectivity index (χ4v) is 3.19. The van der Waals surface area contributed by atoms with Gasteiger partial charge in [-0.15, -0.1) is 23.1 Å². The molecule has 0 amide bonds. The van der Waals surface area contributed by atoms with Crippen molar-refractivity contribution in [2.75, 3.05) is 6.26 Å². The van der Waals surface area contributed by atoms with Gasteiger partial charge in [0.1, 0.15) is 0 Å². The second kappa shape index (κ2) is 3.91. The first-order chi connectivity index (χ1) is 6.76. The Balaban J connectivity index is 2.75. The molecule has 0 saturated heterocycles. The summed E-state index contributed by atoms with van der Waals surface area (Å²) >= 11 is 2.95. The predicted molar refractivity (Wildman–Crippen MR) is 62.9 cm³/mol. The molecule has 0 nitrogen and oxygen atoms in total. The molecule has 74 valence electrons. The zero-order chi connectivity index (χ0) is 10.1. The maximum absolute atomic E-state index is 13.1. The Morgan fingerprint density at radius 3 is 2.86 bits per heavy atom. The average Bonchev–Trinajstić information content (AvgIpc) is 2.56. The van der Waals surface area contributed by atoms with E-state index in [1.807, 2.05) is 6.07 Å². The molecule has 14 heavy (non-hydrogen) atoms. The van der Waals surface area contributed by atoms with Gasteiger partial charge in [0.2, 0.25) is 0 Å². The number of rotatable bonds is 2. The van der Waals surface area contributed by atoms with Crippen molar-refractivity contribution < 1.29 is 4.39 Å². The largest absolute Gasteiger partial charge is 0.195 e. The lowest BCUT2D eigenvalue weighted by Crippen LogP contribution is -1.84. The van der Waals surface area contributed by atoms with Gasteiger partial charge in [-0.3, -0.25) is 0 Å². The number of thioether (sulfide) groups is 1. The quantitative estimate of drug-likeness (QED) is 0.687. The molecule has 1 aromatic carbocycles. The summed E-state index contributed by atoms with van der Waals surface area (Å²) in [6, 6.07) is 5.74. The van der Waals surface area contributed by atoms with E-state index in [-0.39, 0.29) is 5.13 Å². The van der Waals surface area contributed by atoms with E-state index < -0.39 is 0 Å². The minimum atomic E-state index is -0.0899. The van der Waals surface area contributed by atoms with Gasteiger partial charge in [-0.1, -0.05) is 6.92 Å². The highest BCUT2D eigenvalue weighted by Gasteiger charge is 2.08. The van der Waals surface area contributed by atoms with Gasteiger partial charge in [-0.05, 0) is 41.8 Å². The van der Waals surface area contributed by atoms with Crippen molar-refractivity contribution in [2.45, 2.75) is 18.2 Å². The topological polar surface area (TPSA) is 0 Å². The molecular formula is C11H11FS2. The molecule has 0 aliphatic carbocycles. The van der Waals surface area contributed by atoms with Gasteiger partial charge < -0.3 is 0 Å². The summed E-state index contributed by atoms with van der Waals surface area (Å²) in [5.41, 5.74) is 1.27. The fourth-order valence-electron chi connectivity index (χ4n) is 1.67. The minimum Gasteiger partial charge on any atom is -0.195 e. The van der Waals surface area contributed by atoms with E-state index in [0.29, 0.717) is 0 Å². The van der Waals surface area contributed by atoms with Gasteiger partial charge in [0.25, 0.3) is 0 Å². The summed E-state index contributed by atoms with van der Waals surface area (Å²) in [5.74, 6) is 0. The van der Waals surface area contributed by atoms with E-state index in [0.717, 1.165) is 16.5 Å². The van der Waals surface area contributed by atoms with Crippen molar-refractivity contribution in [3.8, 4) is 0 Å². The molecule has 0 bridgehead atoms. The van der Waals surface area contributed by atoms with Gasteiger partial charge in [0, 0.05) is 9.60 Å². The van der Waals surface area contributed by atoms with E-state index in [2.05, 4.69) is 19.2 Å². The van der Waals surface area contributed by atoms with Crippen molar-refractivity contribution in [3.63, 3.8) is 0 Å². The van der Waals surface area contributed by atoms with Gasteiger partial charge in [0.05, 0.1) is 0 Å². The molecule has 1 aromatic heterocycles. The Hall–Kier alpha value is -0.540. The third kappa shape index (κ3) is 1.55. The molecule has 0 fully saturated rings. The molecule has 0 unspecified atom stereocenters. The SMILES string of the molecule is CCc1c(SC)ccc2sc(F)cc12. The van der Waals surface area contributed by atoms with Crippen molar-refractivity contribution in [2.24, 2.45) is 0 Å². The second-order valence-corrected chi connectivity index (χ2v) is 4.94. The van der Waals surface area contributed by atoms with Crippen LogP contribution in [-0.2, 0) is 6.42 Å². The van der Waals surface area contributed by atoms with Crippen LogP contribution in [-0.4, -0.2) is 6.26 Å². The number of hydrogen-bond acceptors (Lipinski definition) is 2. The van der Waals surface area contributed by atoms with Crippen LogP contribution in [0.3, 0.4) is 0 Å². The number of halogens is 1. The first kappa shape index (κ1) is 9.99. The van der Waals surface area contributed by atoms with E-state index in [1.54, 1.807) is 17.8 Å². The lowest BCUT2D eigenvalue weighted by molar-refractivity contribution is 0.658. The lowest BCUT2D eigenvalue weighted by atomic mass is 10.1. The second-order valence-electron chi connectivity index (χ2n) is 3.06. The van der Waals surface area contributed by atoms with Crippen LogP contribution in [0.1, 0.15) is 12.5 Å². The Morgan fingerprint density at radius 2 is 2.21 bits per heavy atom. The summed E-state index contributed by atoms with van der Waals surface area (Å²) in [7, 11) is 0. The van der Waals surface area contributed by atoms with Crippen LogP contribution in [0.15, 0.2) is 23.1 Å². The molecule has 0 radical (unpaired) electrons. The van der Waals surface area contributed by atoms with E-state index >= 15 is 0 Å².